The molecule has 0 unspecified atom stereocenters. The van der Waals surface area contributed by atoms with Gasteiger partial charge in [-0.1, -0.05) is 25.5 Å². The van der Waals surface area contributed by atoms with Gasteiger partial charge in [0.1, 0.15) is 11.8 Å². The van der Waals surface area contributed by atoms with Gasteiger partial charge in [-0.2, -0.15) is 0 Å². The van der Waals surface area contributed by atoms with Crippen molar-refractivity contribution in [2.75, 3.05) is 6.61 Å². The van der Waals surface area contributed by atoms with Crippen molar-refractivity contribution >= 4 is 11.9 Å². The molecule has 5 heteroatoms. The Bertz CT molecular complexity index is 984. The second-order valence-corrected chi connectivity index (χ2v) is 10.8. The number of ether oxygens (including phenoxy) is 2. The summed E-state index contributed by atoms with van der Waals surface area (Å²) in [6.07, 6.45) is 11.9. The van der Waals surface area contributed by atoms with Gasteiger partial charge in [0.15, 0.2) is 0 Å². The monoisotopic (exact) mass is 437 g/mol. The summed E-state index contributed by atoms with van der Waals surface area (Å²) in [5.41, 5.74) is 4.89. The van der Waals surface area contributed by atoms with Crippen LogP contribution in [0, 0.1) is 23.2 Å². The summed E-state index contributed by atoms with van der Waals surface area (Å²) in [6, 6.07) is 2.02. The maximum Gasteiger partial charge on any atom is 0.356 e. The zero-order valence-electron chi connectivity index (χ0n) is 19.8. The Hall–Kier alpha value is -2.17. The van der Waals surface area contributed by atoms with E-state index in [0.717, 1.165) is 38.5 Å². The largest absolute Gasteiger partial charge is 0.462 e. The topological polar surface area (TPSA) is 65.5 Å². The third kappa shape index (κ3) is 3.22. The minimum absolute atomic E-state index is 0.0420. The second-order valence-electron chi connectivity index (χ2n) is 10.8. The van der Waals surface area contributed by atoms with E-state index in [9.17, 15) is 9.59 Å². The zero-order valence-corrected chi connectivity index (χ0v) is 19.8. The van der Waals surface area contributed by atoms with E-state index in [0.29, 0.717) is 30.1 Å². The van der Waals surface area contributed by atoms with Gasteiger partial charge in [0, 0.05) is 19.5 Å². The van der Waals surface area contributed by atoms with Crippen molar-refractivity contribution in [3.63, 3.8) is 0 Å². The SMILES string of the molecule is CCOC(=O)c1cc2c(cn1)C[C@H]1[C@@H]3CC=C4C[C@@H](OC(C)=O)CC[C@]4(C)[C@H]3CC[C@]21C. The molecule has 4 aliphatic rings. The van der Waals surface area contributed by atoms with Crippen LogP contribution in [-0.4, -0.2) is 29.6 Å². The molecular formula is C27H35NO4. The highest BCUT2D eigenvalue weighted by Gasteiger charge is 2.57. The summed E-state index contributed by atoms with van der Waals surface area (Å²) in [5, 5.41) is 0. The summed E-state index contributed by atoms with van der Waals surface area (Å²) in [6.45, 7) is 8.58. The molecule has 1 heterocycles. The Kier molecular flexibility index (Phi) is 5.22. The van der Waals surface area contributed by atoms with E-state index in [1.54, 1.807) is 0 Å². The Balaban J connectivity index is 1.42. The standard InChI is InChI=1S/C27H35NO4/c1-5-31-25(30)24-14-22-17(15-28-24)12-23-20-7-6-18-13-19(32-16(2)29)8-10-26(18,3)21(20)9-11-27(22,23)4/h6,14-15,19-21,23H,5,7-13H2,1-4H3/t19-,20+,21-,23-,26-,27+/m0/s1. The van der Waals surface area contributed by atoms with E-state index in [4.69, 9.17) is 9.47 Å². The van der Waals surface area contributed by atoms with E-state index in [-0.39, 0.29) is 28.9 Å². The number of nitrogens with zero attached hydrogens (tertiary/aromatic N) is 1. The van der Waals surface area contributed by atoms with Gasteiger partial charge in [-0.15, -0.1) is 0 Å². The normalized spacial score (nSPS) is 37.3. The van der Waals surface area contributed by atoms with Gasteiger partial charge in [0.2, 0.25) is 0 Å². The number of rotatable bonds is 3. The van der Waals surface area contributed by atoms with Crippen LogP contribution in [0.2, 0.25) is 0 Å². The number of esters is 2. The number of fused-ring (bicyclic) bond motifs is 7. The van der Waals surface area contributed by atoms with Crippen LogP contribution in [0.15, 0.2) is 23.9 Å². The zero-order chi connectivity index (χ0) is 22.7. The number of allylic oxidation sites excluding steroid dienone is 1. The highest BCUT2D eigenvalue weighted by atomic mass is 16.5. The van der Waals surface area contributed by atoms with Crippen LogP contribution in [0.3, 0.4) is 0 Å². The first-order valence-electron chi connectivity index (χ1n) is 12.3. The molecule has 0 spiro atoms. The number of carbonyl (C=O) groups excluding carboxylic acids is 2. The van der Waals surface area contributed by atoms with Crippen LogP contribution >= 0.6 is 0 Å². The van der Waals surface area contributed by atoms with Crippen molar-refractivity contribution in [2.45, 2.75) is 84.2 Å². The van der Waals surface area contributed by atoms with Crippen molar-refractivity contribution < 1.29 is 19.1 Å². The highest BCUT2D eigenvalue weighted by Crippen LogP contribution is 2.64. The van der Waals surface area contributed by atoms with Gasteiger partial charge in [0.25, 0.3) is 0 Å². The molecule has 2 saturated carbocycles. The van der Waals surface area contributed by atoms with Gasteiger partial charge in [-0.25, -0.2) is 9.78 Å². The maximum atomic E-state index is 12.3. The lowest BCUT2D eigenvalue weighted by Gasteiger charge is -2.57. The molecule has 0 amide bonds. The lowest BCUT2D eigenvalue weighted by atomic mass is 9.47. The molecule has 6 atom stereocenters. The Morgan fingerprint density at radius 3 is 2.66 bits per heavy atom. The maximum absolute atomic E-state index is 12.3. The lowest BCUT2D eigenvalue weighted by molar-refractivity contribution is -0.148. The highest BCUT2D eigenvalue weighted by molar-refractivity contribution is 5.87. The predicted molar refractivity (Wildman–Crippen MR) is 121 cm³/mol. The minimum Gasteiger partial charge on any atom is -0.462 e. The first kappa shape index (κ1) is 21.7. The molecule has 1 aromatic rings. The second kappa shape index (κ2) is 7.71. The summed E-state index contributed by atoms with van der Waals surface area (Å²) < 4.78 is 10.8. The Morgan fingerprint density at radius 2 is 1.91 bits per heavy atom. The molecule has 1 aromatic heterocycles. The minimum atomic E-state index is -0.321. The lowest BCUT2D eigenvalue weighted by Crippen LogP contribution is -2.51. The van der Waals surface area contributed by atoms with Crippen LogP contribution in [0.4, 0.5) is 0 Å². The molecular weight excluding hydrogens is 402 g/mol. The number of hydrogen-bond acceptors (Lipinski definition) is 5. The van der Waals surface area contributed by atoms with Crippen LogP contribution in [-0.2, 0) is 26.1 Å². The predicted octanol–water partition coefficient (Wildman–Crippen LogP) is 5.17. The Morgan fingerprint density at radius 1 is 1.12 bits per heavy atom. The quantitative estimate of drug-likeness (QED) is 0.482. The fourth-order valence-electron chi connectivity index (χ4n) is 7.73. The molecule has 0 bridgehead atoms. The molecule has 32 heavy (non-hydrogen) atoms. The number of aromatic nitrogens is 1. The number of hydrogen-bond donors (Lipinski definition) is 0. The fourth-order valence-corrected chi connectivity index (χ4v) is 7.73. The molecule has 0 saturated heterocycles. The molecule has 0 N–H and O–H groups in total. The van der Waals surface area contributed by atoms with Crippen molar-refractivity contribution in [2.24, 2.45) is 23.2 Å². The van der Waals surface area contributed by atoms with Crippen LogP contribution in [0.1, 0.15) is 87.8 Å². The summed E-state index contributed by atoms with van der Waals surface area (Å²) in [5.74, 6) is 1.41. The number of carbonyl (C=O) groups is 2. The van der Waals surface area contributed by atoms with Gasteiger partial charge in [-0.3, -0.25) is 4.79 Å². The average molecular weight is 438 g/mol. The van der Waals surface area contributed by atoms with Gasteiger partial charge < -0.3 is 9.47 Å². The average Bonchev–Trinajstić information content (AvgIpc) is 3.06. The van der Waals surface area contributed by atoms with Crippen LogP contribution in [0.5, 0.6) is 0 Å². The fraction of sp³-hybridized carbons (Fsp3) is 0.667. The first-order chi connectivity index (χ1) is 15.3. The molecule has 0 aliphatic heterocycles. The van der Waals surface area contributed by atoms with Gasteiger partial charge in [-0.05, 0) is 91.2 Å². The molecule has 0 aromatic carbocycles. The molecule has 2 fully saturated rings. The summed E-state index contributed by atoms with van der Waals surface area (Å²) in [7, 11) is 0. The van der Waals surface area contributed by atoms with E-state index >= 15 is 0 Å². The van der Waals surface area contributed by atoms with Crippen molar-refractivity contribution in [1.29, 1.82) is 0 Å². The third-order valence-corrected chi connectivity index (χ3v) is 9.31. The summed E-state index contributed by atoms with van der Waals surface area (Å²) in [4.78, 5) is 28.2. The van der Waals surface area contributed by atoms with Gasteiger partial charge in [0.05, 0.1) is 6.61 Å². The summed E-state index contributed by atoms with van der Waals surface area (Å²) >= 11 is 0. The van der Waals surface area contributed by atoms with Crippen molar-refractivity contribution in [3.8, 4) is 0 Å². The van der Waals surface area contributed by atoms with Crippen molar-refractivity contribution in [1.82, 2.24) is 4.98 Å². The molecule has 4 aliphatic carbocycles. The van der Waals surface area contributed by atoms with E-state index < -0.39 is 0 Å². The molecule has 0 radical (unpaired) electrons. The Labute approximate surface area is 191 Å². The van der Waals surface area contributed by atoms with E-state index in [2.05, 4.69) is 24.9 Å². The number of pyridine rings is 1. The molecule has 5 nitrogen and oxygen atoms in total. The smallest absolute Gasteiger partial charge is 0.356 e. The third-order valence-electron chi connectivity index (χ3n) is 9.31. The van der Waals surface area contributed by atoms with Gasteiger partial charge >= 0.3 is 11.9 Å². The van der Waals surface area contributed by atoms with E-state index in [1.165, 1.54) is 30.0 Å². The molecule has 172 valence electrons. The van der Waals surface area contributed by atoms with Crippen LogP contribution < -0.4 is 0 Å². The first-order valence-corrected chi connectivity index (χ1v) is 12.3. The molecule has 5 rings (SSSR count). The van der Waals surface area contributed by atoms with Crippen LogP contribution in [0.25, 0.3) is 0 Å². The van der Waals surface area contributed by atoms with E-state index in [1.807, 2.05) is 19.2 Å². The van der Waals surface area contributed by atoms with Crippen molar-refractivity contribution in [3.05, 3.63) is 40.7 Å².